The number of rotatable bonds is 2. The Kier molecular flexibility index (Phi) is 3.21. The van der Waals surface area contributed by atoms with E-state index < -0.39 is 18.5 Å². The molecule has 0 aliphatic heterocycles. The maximum atomic E-state index is 12.7. The molecule has 0 unspecified atom stereocenters. The van der Waals surface area contributed by atoms with Crippen molar-refractivity contribution < 1.29 is 17.6 Å². The van der Waals surface area contributed by atoms with Crippen LogP contribution in [0, 0.1) is 5.82 Å². The predicted molar refractivity (Wildman–Crippen MR) is 46.0 cm³/mol. The number of anilines is 1. The maximum Gasteiger partial charge on any atom is 0.405 e. The van der Waals surface area contributed by atoms with Gasteiger partial charge in [-0.25, -0.2) is 4.39 Å². The molecule has 1 nitrogen and oxygen atoms in total. The van der Waals surface area contributed by atoms with Crippen molar-refractivity contribution in [2.45, 2.75) is 6.18 Å². The van der Waals surface area contributed by atoms with E-state index >= 15 is 0 Å². The average Bonchev–Trinajstić information content (AvgIpc) is 2.06. The van der Waals surface area contributed by atoms with Crippen LogP contribution in [0.4, 0.5) is 23.2 Å². The Morgan fingerprint density at radius 1 is 1.29 bits per heavy atom. The summed E-state index contributed by atoms with van der Waals surface area (Å²) in [5.74, 6) is -0.751. The van der Waals surface area contributed by atoms with Gasteiger partial charge >= 0.3 is 6.18 Å². The molecule has 78 valence electrons. The van der Waals surface area contributed by atoms with Crippen LogP contribution in [0.5, 0.6) is 0 Å². The van der Waals surface area contributed by atoms with E-state index in [4.69, 9.17) is 11.6 Å². The molecule has 1 aromatic rings. The summed E-state index contributed by atoms with van der Waals surface area (Å²) >= 11 is 5.42. The standard InChI is InChI=1S/C8H6ClF4N/c9-7-5(10)2-1-3-6(7)14-4-8(11,12)13/h1-3,14H,4H2. The first kappa shape index (κ1) is 11.1. The van der Waals surface area contributed by atoms with Crippen molar-refractivity contribution in [2.75, 3.05) is 11.9 Å². The minimum absolute atomic E-state index is 0.0657. The Labute approximate surface area is 82.7 Å². The third-order valence-electron chi connectivity index (χ3n) is 1.43. The van der Waals surface area contributed by atoms with Crippen LogP contribution in [0.3, 0.4) is 0 Å². The number of benzene rings is 1. The molecule has 0 fully saturated rings. The summed E-state index contributed by atoms with van der Waals surface area (Å²) in [4.78, 5) is 0. The zero-order chi connectivity index (χ0) is 10.8. The van der Waals surface area contributed by atoms with Crippen molar-refractivity contribution >= 4 is 17.3 Å². The van der Waals surface area contributed by atoms with Gasteiger partial charge in [0.1, 0.15) is 12.4 Å². The van der Waals surface area contributed by atoms with Crippen LogP contribution in [-0.2, 0) is 0 Å². The summed E-state index contributed by atoms with van der Waals surface area (Å²) in [7, 11) is 0. The monoisotopic (exact) mass is 227 g/mol. The highest BCUT2D eigenvalue weighted by molar-refractivity contribution is 6.33. The van der Waals surface area contributed by atoms with E-state index in [2.05, 4.69) is 0 Å². The Morgan fingerprint density at radius 3 is 2.50 bits per heavy atom. The molecule has 0 saturated carbocycles. The molecule has 0 heterocycles. The van der Waals surface area contributed by atoms with Crippen LogP contribution < -0.4 is 5.32 Å². The molecule has 1 N–H and O–H groups in total. The topological polar surface area (TPSA) is 12.0 Å². The first-order valence-electron chi connectivity index (χ1n) is 3.65. The van der Waals surface area contributed by atoms with E-state index in [1.54, 1.807) is 0 Å². The van der Waals surface area contributed by atoms with Gasteiger partial charge in [-0.1, -0.05) is 17.7 Å². The zero-order valence-electron chi connectivity index (χ0n) is 6.83. The van der Waals surface area contributed by atoms with Crippen molar-refractivity contribution in [1.29, 1.82) is 0 Å². The van der Waals surface area contributed by atoms with Crippen molar-refractivity contribution in [2.24, 2.45) is 0 Å². The molecular weight excluding hydrogens is 222 g/mol. The molecule has 0 saturated heterocycles. The molecule has 0 aliphatic rings. The second-order valence-corrected chi connectivity index (χ2v) is 2.95. The Balaban J connectivity index is 2.73. The van der Waals surface area contributed by atoms with Gasteiger partial charge in [-0.15, -0.1) is 0 Å². The van der Waals surface area contributed by atoms with Gasteiger partial charge in [-0.2, -0.15) is 13.2 Å². The van der Waals surface area contributed by atoms with E-state index in [0.717, 1.165) is 6.07 Å². The number of nitrogens with one attached hydrogen (secondary N) is 1. The Bertz CT molecular complexity index is 324. The van der Waals surface area contributed by atoms with E-state index in [0.29, 0.717) is 0 Å². The number of halogens is 5. The minimum Gasteiger partial charge on any atom is -0.375 e. The van der Waals surface area contributed by atoms with E-state index in [1.807, 2.05) is 5.32 Å². The lowest BCUT2D eigenvalue weighted by molar-refractivity contribution is -0.115. The Hall–Kier alpha value is -0.970. The van der Waals surface area contributed by atoms with Gasteiger partial charge in [0.15, 0.2) is 0 Å². The molecular formula is C8H6ClF4N. The van der Waals surface area contributed by atoms with Gasteiger partial charge in [0.2, 0.25) is 0 Å². The average molecular weight is 228 g/mol. The van der Waals surface area contributed by atoms with Crippen LogP contribution >= 0.6 is 11.6 Å². The highest BCUT2D eigenvalue weighted by Crippen LogP contribution is 2.25. The van der Waals surface area contributed by atoms with Gasteiger partial charge in [-0.3, -0.25) is 0 Å². The quantitative estimate of drug-likeness (QED) is 0.763. The highest BCUT2D eigenvalue weighted by Gasteiger charge is 2.27. The number of hydrogen-bond acceptors (Lipinski definition) is 1. The van der Waals surface area contributed by atoms with Gasteiger partial charge < -0.3 is 5.32 Å². The van der Waals surface area contributed by atoms with Gasteiger partial charge in [0.25, 0.3) is 0 Å². The number of hydrogen-bond donors (Lipinski definition) is 1. The molecule has 1 rings (SSSR count). The lowest BCUT2D eigenvalue weighted by atomic mass is 10.3. The fourth-order valence-electron chi connectivity index (χ4n) is 0.836. The molecule has 0 amide bonds. The number of alkyl halides is 3. The van der Waals surface area contributed by atoms with Crippen LogP contribution in [0.25, 0.3) is 0 Å². The van der Waals surface area contributed by atoms with Crippen LogP contribution in [0.1, 0.15) is 0 Å². The third-order valence-corrected chi connectivity index (χ3v) is 1.82. The van der Waals surface area contributed by atoms with E-state index in [9.17, 15) is 17.6 Å². The SMILES string of the molecule is Fc1cccc(NCC(F)(F)F)c1Cl. The largest absolute Gasteiger partial charge is 0.405 e. The molecule has 0 atom stereocenters. The highest BCUT2D eigenvalue weighted by atomic mass is 35.5. The van der Waals surface area contributed by atoms with E-state index in [1.165, 1.54) is 12.1 Å². The van der Waals surface area contributed by atoms with Gasteiger partial charge in [0, 0.05) is 0 Å². The lowest BCUT2D eigenvalue weighted by Crippen LogP contribution is -2.21. The first-order valence-corrected chi connectivity index (χ1v) is 4.02. The smallest absolute Gasteiger partial charge is 0.375 e. The predicted octanol–water partition coefficient (Wildman–Crippen LogP) is 3.45. The van der Waals surface area contributed by atoms with Crippen molar-refractivity contribution in [3.05, 3.63) is 29.0 Å². The summed E-state index contributed by atoms with van der Waals surface area (Å²) in [5.41, 5.74) is -0.0657. The molecule has 0 aromatic heterocycles. The molecule has 0 bridgehead atoms. The summed E-state index contributed by atoms with van der Waals surface area (Å²) in [5, 5.41) is 1.66. The fraction of sp³-hybridized carbons (Fsp3) is 0.250. The second-order valence-electron chi connectivity index (χ2n) is 2.57. The summed E-state index contributed by atoms with van der Waals surface area (Å²) in [6.07, 6.45) is -4.35. The molecule has 0 spiro atoms. The third kappa shape index (κ3) is 3.06. The summed E-state index contributed by atoms with van der Waals surface area (Å²) < 4.78 is 48.1. The molecule has 1 aromatic carbocycles. The van der Waals surface area contributed by atoms with Crippen molar-refractivity contribution in [3.63, 3.8) is 0 Å². The van der Waals surface area contributed by atoms with Crippen LogP contribution in [0.2, 0.25) is 5.02 Å². The van der Waals surface area contributed by atoms with Crippen molar-refractivity contribution in [3.8, 4) is 0 Å². The normalized spacial score (nSPS) is 11.5. The fourth-order valence-corrected chi connectivity index (χ4v) is 1.03. The minimum atomic E-state index is -4.35. The van der Waals surface area contributed by atoms with Crippen LogP contribution in [0.15, 0.2) is 18.2 Å². The molecule has 0 aliphatic carbocycles. The van der Waals surface area contributed by atoms with Crippen LogP contribution in [-0.4, -0.2) is 12.7 Å². The molecule has 14 heavy (non-hydrogen) atoms. The first-order chi connectivity index (χ1) is 6.40. The maximum absolute atomic E-state index is 12.7. The lowest BCUT2D eigenvalue weighted by Gasteiger charge is -2.10. The summed E-state index contributed by atoms with van der Waals surface area (Å²) in [6.45, 7) is -1.24. The van der Waals surface area contributed by atoms with Gasteiger partial charge in [-0.05, 0) is 12.1 Å². The molecule has 6 heteroatoms. The van der Waals surface area contributed by atoms with Crippen molar-refractivity contribution in [1.82, 2.24) is 0 Å². The zero-order valence-corrected chi connectivity index (χ0v) is 7.58. The van der Waals surface area contributed by atoms with E-state index in [-0.39, 0.29) is 10.7 Å². The summed E-state index contributed by atoms with van der Waals surface area (Å²) in [6, 6.07) is 3.62. The second kappa shape index (κ2) is 4.04. The molecule has 0 radical (unpaired) electrons. The Morgan fingerprint density at radius 2 is 1.93 bits per heavy atom. The van der Waals surface area contributed by atoms with Gasteiger partial charge in [0.05, 0.1) is 10.7 Å².